The van der Waals surface area contributed by atoms with E-state index < -0.39 is 11.9 Å². The average Bonchev–Trinajstić information content (AvgIpc) is 2.31. The summed E-state index contributed by atoms with van der Waals surface area (Å²) in [5.74, 6) is -0.00725. The highest BCUT2D eigenvalue weighted by Gasteiger charge is 2.33. The maximum Gasteiger partial charge on any atom is 0.433 e. The van der Waals surface area contributed by atoms with Crippen LogP contribution < -0.4 is 10.5 Å². The first-order valence-corrected chi connectivity index (χ1v) is 5.93. The summed E-state index contributed by atoms with van der Waals surface area (Å²) < 4.78 is 42.9. The van der Waals surface area contributed by atoms with Gasteiger partial charge >= 0.3 is 6.18 Å². The molecular formula is C12H15F3N2O. The number of hydrogen-bond acceptors (Lipinski definition) is 3. The lowest BCUT2D eigenvalue weighted by Crippen LogP contribution is -2.41. The Morgan fingerprint density at radius 2 is 1.94 bits per heavy atom. The molecule has 0 aliphatic heterocycles. The van der Waals surface area contributed by atoms with Crippen molar-refractivity contribution >= 4 is 0 Å². The van der Waals surface area contributed by atoms with Crippen molar-refractivity contribution in [3.05, 3.63) is 23.9 Å². The fourth-order valence-electron chi connectivity index (χ4n) is 2.07. The van der Waals surface area contributed by atoms with Crippen LogP contribution in [0.2, 0.25) is 0 Å². The number of pyridine rings is 1. The highest BCUT2D eigenvalue weighted by Crippen LogP contribution is 2.29. The molecular weight excluding hydrogens is 245 g/mol. The van der Waals surface area contributed by atoms with Gasteiger partial charge in [-0.2, -0.15) is 13.2 Å². The van der Waals surface area contributed by atoms with Gasteiger partial charge < -0.3 is 10.5 Å². The van der Waals surface area contributed by atoms with Crippen LogP contribution in [0.25, 0.3) is 0 Å². The van der Waals surface area contributed by atoms with Crippen molar-refractivity contribution in [3.63, 3.8) is 0 Å². The Hall–Kier alpha value is -1.30. The predicted octanol–water partition coefficient (Wildman–Crippen LogP) is 2.75. The molecule has 0 bridgehead atoms. The van der Waals surface area contributed by atoms with Crippen molar-refractivity contribution in [3.8, 4) is 5.88 Å². The summed E-state index contributed by atoms with van der Waals surface area (Å²) >= 11 is 0. The molecule has 2 N–H and O–H groups in total. The lowest BCUT2D eigenvalue weighted by Gasteiger charge is -2.28. The first-order chi connectivity index (χ1) is 8.47. The van der Waals surface area contributed by atoms with E-state index in [9.17, 15) is 13.2 Å². The zero-order valence-corrected chi connectivity index (χ0v) is 9.78. The monoisotopic (exact) mass is 260 g/mol. The molecule has 1 aromatic rings. The molecule has 1 fully saturated rings. The van der Waals surface area contributed by atoms with Crippen LogP contribution in [-0.4, -0.2) is 17.1 Å². The van der Waals surface area contributed by atoms with E-state index in [-0.39, 0.29) is 18.0 Å². The van der Waals surface area contributed by atoms with Crippen molar-refractivity contribution in [2.75, 3.05) is 0 Å². The van der Waals surface area contributed by atoms with Gasteiger partial charge in [0.15, 0.2) is 0 Å². The van der Waals surface area contributed by atoms with Crippen molar-refractivity contribution in [2.45, 2.75) is 44.0 Å². The number of aromatic nitrogens is 1. The first kappa shape index (κ1) is 13.1. The van der Waals surface area contributed by atoms with E-state index in [0.717, 1.165) is 31.7 Å². The quantitative estimate of drug-likeness (QED) is 0.889. The van der Waals surface area contributed by atoms with Crippen LogP contribution in [0, 0.1) is 0 Å². The molecule has 1 aliphatic rings. The van der Waals surface area contributed by atoms with Crippen LogP contribution in [0.1, 0.15) is 31.4 Å². The van der Waals surface area contributed by atoms with Crippen molar-refractivity contribution < 1.29 is 17.9 Å². The molecule has 6 heteroatoms. The van der Waals surface area contributed by atoms with Gasteiger partial charge in [-0.3, -0.25) is 0 Å². The van der Waals surface area contributed by atoms with Crippen molar-refractivity contribution in [1.29, 1.82) is 0 Å². The molecule has 100 valence electrons. The molecule has 0 radical (unpaired) electrons. The van der Waals surface area contributed by atoms with E-state index in [0.29, 0.717) is 0 Å². The molecule has 2 unspecified atom stereocenters. The van der Waals surface area contributed by atoms with E-state index in [4.69, 9.17) is 10.5 Å². The minimum absolute atomic E-state index is 0.00725. The van der Waals surface area contributed by atoms with Gasteiger partial charge in [-0.15, -0.1) is 0 Å². The highest BCUT2D eigenvalue weighted by atomic mass is 19.4. The molecule has 3 nitrogen and oxygen atoms in total. The summed E-state index contributed by atoms with van der Waals surface area (Å²) in [4.78, 5) is 3.47. The third-order valence-corrected chi connectivity index (χ3v) is 3.04. The number of nitrogens with two attached hydrogens (primary N) is 1. The number of ether oxygens (including phenoxy) is 1. The maximum atomic E-state index is 12.5. The number of rotatable bonds is 2. The Labute approximate surface area is 103 Å². The molecule has 0 spiro atoms. The molecule has 1 aliphatic carbocycles. The van der Waals surface area contributed by atoms with E-state index in [1.54, 1.807) is 0 Å². The standard InChI is InChI=1S/C12H15F3N2O/c13-12(14,15)10-6-3-7-11(17-10)18-9-5-2-1-4-8(9)16/h3,6-9H,1-2,4-5,16H2. The second-order valence-electron chi connectivity index (χ2n) is 4.46. The fourth-order valence-corrected chi connectivity index (χ4v) is 2.07. The highest BCUT2D eigenvalue weighted by molar-refractivity contribution is 5.18. The number of alkyl halides is 3. The van der Waals surface area contributed by atoms with E-state index in [1.807, 2.05) is 0 Å². The Morgan fingerprint density at radius 1 is 1.22 bits per heavy atom. The van der Waals surface area contributed by atoms with Crippen molar-refractivity contribution in [2.24, 2.45) is 5.73 Å². The van der Waals surface area contributed by atoms with Gasteiger partial charge in [-0.05, 0) is 25.3 Å². The first-order valence-electron chi connectivity index (χ1n) is 5.93. The Kier molecular flexibility index (Phi) is 3.75. The van der Waals surface area contributed by atoms with Gasteiger partial charge in [-0.25, -0.2) is 4.98 Å². The summed E-state index contributed by atoms with van der Waals surface area (Å²) in [6.07, 6.45) is -1.07. The summed E-state index contributed by atoms with van der Waals surface area (Å²) in [5.41, 5.74) is 4.94. The largest absolute Gasteiger partial charge is 0.473 e. The summed E-state index contributed by atoms with van der Waals surface area (Å²) in [7, 11) is 0. The second-order valence-corrected chi connectivity index (χ2v) is 4.46. The van der Waals surface area contributed by atoms with Crippen LogP contribution in [-0.2, 0) is 6.18 Å². The number of halogens is 3. The van der Waals surface area contributed by atoms with Crippen molar-refractivity contribution in [1.82, 2.24) is 4.98 Å². The van der Waals surface area contributed by atoms with Crippen LogP contribution in [0.4, 0.5) is 13.2 Å². The fraction of sp³-hybridized carbons (Fsp3) is 0.583. The number of nitrogens with zero attached hydrogens (tertiary/aromatic N) is 1. The Bertz CT molecular complexity index is 409. The lowest BCUT2D eigenvalue weighted by molar-refractivity contribution is -0.141. The van der Waals surface area contributed by atoms with Crippen LogP contribution >= 0.6 is 0 Å². The van der Waals surface area contributed by atoms with Gasteiger partial charge in [0.25, 0.3) is 0 Å². The van der Waals surface area contributed by atoms with E-state index in [2.05, 4.69) is 4.98 Å². The maximum absolute atomic E-state index is 12.5. The van der Waals surface area contributed by atoms with Gasteiger partial charge in [-0.1, -0.05) is 12.5 Å². The minimum Gasteiger partial charge on any atom is -0.473 e. The zero-order chi connectivity index (χ0) is 13.2. The van der Waals surface area contributed by atoms with Gasteiger partial charge in [0.2, 0.25) is 5.88 Å². The third kappa shape index (κ3) is 3.13. The molecule has 2 atom stereocenters. The molecule has 2 rings (SSSR count). The number of hydrogen-bond donors (Lipinski definition) is 1. The van der Waals surface area contributed by atoms with Crippen LogP contribution in [0.3, 0.4) is 0 Å². The van der Waals surface area contributed by atoms with Gasteiger partial charge in [0.05, 0.1) is 0 Å². The molecule has 18 heavy (non-hydrogen) atoms. The van der Waals surface area contributed by atoms with Gasteiger partial charge in [0.1, 0.15) is 11.8 Å². The molecule has 0 amide bonds. The minimum atomic E-state index is -4.45. The van der Waals surface area contributed by atoms with E-state index >= 15 is 0 Å². The summed E-state index contributed by atoms with van der Waals surface area (Å²) in [5, 5.41) is 0. The summed E-state index contributed by atoms with van der Waals surface area (Å²) in [6, 6.07) is 3.51. The average molecular weight is 260 g/mol. The summed E-state index contributed by atoms with van der Waals surface area (Å²) in [6.45, 7) is 0. The lowest BCUT2D eigenvalue weighted by atomic mass is 9.93. The molecule has 1 heterocycles. The predicted molar refractivity (Wildman–Crippen MR) is 60.1 cm³/mol. The Morgan fingerprint density at radius 3 is 2.61 bits per heavy atom. The molecule has 1 aromatic heterocycles. The molecule has 0 saturated heterocycles. The zero-order valence-electron chi connectivity index (χ0n) is 9.78. The van der Waals surface area contributed by atoms with E-state index in [1.165, 1.54) is 12.1 Å². The molecule has 0 aromatic carbocycles. The Balaban J connectivity index is 2.09. The van der Waals surface area contributed by atoms with Gasteiger partial charge in [0, 0.05) is 12.1 Å². The molecule has 1 saturated carbocycles. The van der Waals surface area contributed by atoms with Crippen LogP contribution in [0.5, 0.6) is 5.88 Å². The second kappa shape index (κ2) is 5.14. The smallest absolute Gasteiger partial charge is 0.433 e. The third-order valence-electron chi connectivity index (χ3n) is 3.04. The normalized spacial score (nSPS) is 24.9. The topological polar surface area (TPSA) is 48.1 Å². The SMILES string of the molecule is NC1CCCCC1Oc1cccc(C(F)(F)F)n1. The van der Waals surface area contributed by atoms with Crippen LogP contribution in [0.15, 0.2) is 18.2 Å².